The summed E-state index contributed by atoms with van der Waals surface area (Å²) in [6, 6.07) is 14.7. The Morgan fingerprint density at radius 1 is 1.00 bits per heavy atom. The Kier molecular flexibility index (Phi) is 7.58. The number of aryl methyl sites for hydroxylation is 1. The topological polar surface area (TPSA) is 107 Å². The van der Waals surface area contributed by atoms with Gasteiger partial charge in [0, 0.05) is 13.0 Å². The van der Waals surface area contributed by atoms with E-state index in [1.165, 1.54) is 18.0 Å². The van der Waals surface area contributed by atoms with Crippen molar-refractivity contribution in [3.05, 3.63) is 66.0 Å². The lowest BCUT2D eigenvalue weighted by Crippen LogP contribution is -2.27. The second-order valence-electron chi connectivity index (χ2n) is 6.68. The van der Waals surface area contributed by atoms with Crippen LogP contribution >= 0.6 is 0 Å². The highest BCUT2D eigenvalue weighted by Gasteiger charge is 2.13. The van der Waals surface area contributed by atoms with E-state index in [0.29, 0.717) is 37.4 Å². The fourth-order valence-corrected chi connectivity index (χ4v) is 3.00. The number of benzene rings is 2. The summed E-state index contributed by atoms with van der Waals surface area (Å²) in [5.41, 5.74) is 1.71. The fraction of sp³-hybridized carbons (Fsp3) is 0.273. The summed E-state index contributed by atoms with van der Waals surface area (Å²) >= 11 is 0. The molecule has 31 heavy (non-hydrogen) atoms. The molecule has 0 saturated carbocycles. The molecule has 1 aromatic heterocycles. The number of nitrogens with one attached hydrogen (secondary N) is 2. The Balaban J connectivity index is 1.44. The Morgan fingerprint density at radius 3 is 2.48 bits per heavy atom. The summed E-state index contributed by atoms with van der Waals surface area (Å²) in [5.74, 6) is 0.868. The van der Waals surface area contributed by atoms with Crippen LogP contribution in [0.25, 0.3) is 0 Å². The molecule has 2 N–H and O–H groups in total. The van der Waals surface area contributed by atoms with Crippen LogP contribution in [-0.4, -0.2) is 47.6 Å². The predicted octanol–water partition coefficient (Wildman–Crippen LogP) is 2.30. The monoisotopic (exact) mass is 423 g/mol. The zero-order valence-corrected chi connectivity index (χ0v) is 17.5. The van der Waals surface area contributed by atoms with Gasteiger partial charge < -0.3 is 20.1 Å². The standard InChI is InChI=1S/C22H25N5O4/c1-30-19-9-5-3-7-16(19)11-12-21(28)23-13-14-27-15-18(25-26-27)22(29)24-17-8-4-6-10-20(17)31-2/h3-10,15H,11-14H2,1-2H3,(H,23,28)(H,24,29). The fourth-order valence-electron chi connectivity index (χ4n) is 3.00. The molecule has 0 saturated heterocycles. The number of aromatic nitrogens is 3. The van der Waals surface area contributed by atoms with Gasteiger partial charge in [0.25, 0.3) is 5.91 Å². The molecule has 0 aliphatic heterocycles. The lowest BCUT2D eigenvalue weighted by Gasteiger charge is -2.08. The molecule has 0 aliphatic carbocycles. The molecule has 162 valence electrons. The lowest BCUT2D eigenvalue weighted by molar-refractivity contribution is -0.121. The van der Waals surface area contributed by atoms with E-state index in [0.717, 1.165) is 11.3 Å². The van der Waals surface area contributed by atoms with Gasteiger partial charge in [-0.25, -0.2) is 4.68 Å². The van der Waals surface area contributed by atoms with Crippen LogP contribution in [0.15, 0.2) is 54.7 Å². The molecular formula is C22H25N5O4. The molecule has 9 heteroatoms. The van der Waals surface area contributed by atoms with E-state index >= 15 is 0 Å². The highest BCUT2D eigenvalue weighted by Crippen LogP contribution is 2.23. The molecule has 9 nitrogen and oxygen atoms in total. The van der Waals surface area contributed by atoms with Crippen LogP contribution in [0.1, 0.15) is 22.5 Å². The van der Waals surface area contributed by atoms with Crippen LogP contribution in [-0.2, 0) is 17.8 Å². The molecule has 0 radical (unpaired) electrons. The molecule has 2 amide bonds. The first kappa shape index (κ1) is 21.8. The number of para-hydroxylation sites is 3. The smallest absolute Gasteiger partial charge is 0.277 e. The maximum absolute atomic E-state index is 12.4. The molecule has 0 fully saturated rings. The van der Waals surface area contributed by atoms with E-state index < -0.39 is 5.91 Å². The quantitative estimate of drug-likeness (QED) is 0.518. The van der Waals surface area contributed by atoms with Crippen molar-refractivity contribution in [1.82, 2.24) is 20.3 Å². The van der Waals surface area contributed by atoms with Crippen molar-refractivity contribution >= 4 is 17.5 Å². The third-order valence-electron chi connectivity index (χ3n) is 4.60. The highest BCUT2D eigenvalue weighted by molar-refractivity contribution is 6.03. The number of methoxy groups -OCH3 is 2. The van der Waals surface area contributed by atoms with E-state index in [4.69, 9.17) is 9.47 Å². The van der Waals surface area contributed by atoms with Crippen molar-refractivity contribution < 1.29 is 19.1 Å². The van der Waals surface area contributed by atoms with Crippen LogP contribution in [0, 0.1) is 0 Å². The molecule has 3 aromatic rings. The highest BCUT2D eigenvalue weighted by atomic mass is 16.5. The van der Waals surface area contributed by atoms with E-state index in [9.17, 15) is 9.59 Å². The molecule has 0 atom stereocenters. The van der Waals surface area contributed by atoms with Gasteiger partial charge in [-0.3, -0.25) is 9.59 Å². The Hall–Kier alpha value is -3.88. The van der Waals surface area contributed by atoms with Gasteiger partial charge in [0.15, 0.2) is 5.69 Å². The van der Waals surface area contributed by atoms with Crippen molar-refractivity contribution in [1.29, 1.82) is 0 Å². The SMILES string of the molecule is COc1ccccc1CCC(=O)NCCn1cc(C(=O)Nc2ccccc2OC)nn1. The first-order valence-corrected chi connectivity index (χ1v) is 9.84. The third-order valence-corrected chi connectivity index (χ3v) is 4.60. The van der Waals surface area contributed by atoms with Gasteiger partial charge in [0.1, 0.15) is 11.5 Å². The average molecular weight is 423 g/mol. The number of nitrogens with zero attached hydrogens (tertiary/aromatic N) is 3. The van der Waals surface area contributed by atoms with Gasteiger partial charge in [0.05, 0.1) is 32.6 Å². The Morgan fingerprint density at radius 2 is 1.71 bits per heavy atom. The maximum Gasteiger partial charge on any atom is 0.277 e. The van der Waals surface area contributed by atoms with Crippen LogP contribution in [0.3, 0.4) is 0 Å². The summed E-state index contributed by atoms with van der Waals surface area (Å²) < 4.78 is 12.0. The summed E-state index contributed by atoms with van der Waals surface area (Å²) in [5, 5.41) is 13.4. The van der Waals surface area contributed by atoms with E-state index in [1.807, 2.05) is 30.3 Å². The van der Waals surface area contributed by atoms with E-state index in [2.05, 4.69) is 20.9 Å². The van der Waals surface area contributed by atoms with Crippen molar-refractivity contribution in [2.24, 2.45) is 0 Å². The Bertz CT molecular complexity index is 1030. The van der Waals surface area contributed by atoms with Crippen LogP contribution in [0.4, 0.5) is 5.69 Å². The predicted molar refractivity (Wildman–Crippen MR) is 115 cm³/mol. The van der Waals surface area contributed by atoms with Crippen molar-refractivity contribution in [2.75, 3.05) is 26.1 Å². The van der Waals surface area contributed by atoms with Crippen LogP contribution in [0.5, 0.6) is 11.5 Å². The first-order chi connectivity index (χ1) is 15.1. The van der Waals surface area contributed by atoms with Gasteiger partial charge in [0.2, 0.25) is 5.91 Å². The molecule has 3 rings (SSSR count). The minimum Gasteiger partial charge on any atom is -0.496 e. The van der Waals surface area contributed by atoms with Gasteiger partial charge in [-0.05, 0) is 30.2 Å². The molecule has 0 aliphatic rings. The number of anilines is 1. The minimum absolute atomic E-state index is 0.0693. The average Bonchev–Trinajstić information content (AvgIpc) is 3.27. The second kappa shape index (κ2) is 10.8. The number of rotatable bonds is 10. The van der Waals surface area contributed by atoms with E-state index in [-0.39, 0.29) is 11.6 Å². The number of hydrogen-bond acceptors (Lipinski definition) is 6. The number of amides is 2. The Labute approximate surface area is 180 Å². The van der Waals surface area contributed by atoms with Crippen molar-refractivity contribution in [3.63, 3.8) is 0 Å². The number of ether oxygens (including phenoxy) is 2. The zero-order valence-electron chi connectivity index (χ0n) is 17.5. The molecular weight excluding hydrogens is 398 g/mol. The zero-order chi connectivity index (χ0) is 22.1. The molecule has 0 spiro atoms. The molecule has 0 bridgehead atoms. The first-order valence-electron chi connectivity index (χ1n) is 9.84. The summed E-state index contributed by atoms with van der Waals surface area (Å²) in [7, 11) is 3.15. The van der Waals surface area contributed by atoms with Gasteiger partial charge >= 0.3 is 0 Å². The number of hydrogen-bond donors (Lipinski definition) is 2. The van der Waals surface area contributed by atoms with Crippen LogP contribution < -0.4 is 20.1 Å². The van der Waals surface area contributed by atoms with Gasteiger partial charge in [-0.15, -0.1) is 5.10 Å². The number of carbonyl (C=O) groups is 2. The minimum atomic E-state index is -0.392. The van der Waals surface area contributed by atoms with Gasteiger partial charge in [-0.1, -0.05) is 35.5 Å². The maximum atomic E-state index is 12.4. The largest absolute Gasteiger partial charge is 0.496 e. The summed E-state index contributed by atoms with van der Waals surface area (Å²) in [6.45, 7) is 0.775. The third kappa shape index (κ3) is 6.05. The summed E-state index contributed by atoms with van der Waals surface area (Å²) in [4.78, 5) is 24.5. The molecule has 2 aromatic carbocycles. The number of carbonyl (C=O) groups excluding carboxylic acids is 2. The normalized spacial score (nSPS) is 10.4. The van der Waals surface area contributed by atoms with Crippen molar-refractivity contribution in [3.8, 4) is 11.5 Å². The van der Waals surface area contributed by atoms with E-state index in [1.54, 1.807) is 25.3 Å². The van der Waals surface area contributed by atoms with Gasteiger partial charge in [-0.2, -0.15) is 0 Å². The molecule has 1 heterocycles. The second-order valence-corrected chi connectivity index (χ2v) is 6.68. The van der Waals surface area contributed by atoms with Crippen LogP contribution in [0.2, 0.25) is 0 Å². The molecule has 0 unspecified atom stereocenters. The summed E-state index contributed by atoms with van der Waals surface area (Å²) in [6.07, 6.45) is 2.47. The lowest BCUT2D eigenvalue weighted by atomic mass is 10.1. The van der Waals surface area contributed by atoms with Crippen molar-refractivity contribution in [2.45, 2.75) is 19.4 Å².